The van der Waals surface area contributed by atoms with Gasteiger partial charge in [0.2, 0.25) is 0 Å². The molecule has 1 unspecified atom stereocenters. The zero-order valence-electron chi connectivity index (χ0n) is 6.65. The van der Waals surface area contributed by atoms with E-state index in [0.717, 1.165) is 0 Å². The van der Waals surface area contributed by atoms with Crippen LogP contribution in [0.4, 0.5) is 0 Å². The highest BCUT2D eigenvalue weighted by Gasteiger charge is 2.18. The van der Waals surface area contributed by atoms with E-state index in [9.17, 15) is 4.79 Å². The van der Waals surface area contributed by atoms with E-state index in [0.29, 0.717) is 17.1 Å². The molecule has 3 nitrogen and oxygen atoms in total. The van der Waals surface area contributed by atoms with Crippen molar-refractivity contribution in [3.8, 4) is 0 Å². The van der Waals surface area contributed by atoms with Gasteiger partial charge in [0.1, 0.15) is 5.76 Å². The van der Waals surface area contributed by atoms with Crippen molar-refractivity contribution >= 4 is 18.6 Å². The monoisotopic (exact) mass is 186 g/mol. The Labute approximate surface area is 75.8 Å². The van der Waals surface area contributed by atoms with E-state index in [1.54, 1.807) is 13.0 Å². The SMILES string of the molecule is CC(C(=O)O)c1ccoc1CS. The zero-order chi connectivity index (χ0) is 9.14. The number of furan rings is 1. The molecular formula is C8H10O3S. The van der Waals surface area contributed by atoms with E-state index >= 15 is 0 Å². The molecule has 0 aliphatic carbocycles. The normalized spacial score (nSPS) is 12.8. The highest BCUT2D eigenvalue weighted by atomic mass is 32.1. The molecule has 0 fully saturated rings. The molecule has 0 radical (unpaired) electrons. The summed E-state index contributed by atoms with van der Waals surface area (Å²) in [4.78, 5) is 10.6. The van der Waals surface area contributed by atoms with Gasteiger partial charge in [0, 0.05) is 11.3 Å². The maximum Gasteiger partial charge on any atom is 0.310 e. The minimum Gasteiger partial charge on any atom is -0.481 e. The maximum atomic E-state index is 10.6. The summed E-state index contributed by atoms with van der Waals surface area (Å²) < 4.78 is 5.05. The molecule has 0 saturated carbocycles. The Balaban J connectivity index is 2.93. The summed E-state index contributed by atoms with van der Waals surface area (Å²) in [6.45, 7) is 1.63. The van der Waals surface area contributed by atoms with Crippen molar-refractivity contribution < 1.29 is 14.3 Å². The first kappa shape index (κ1) is 9.19. The van der Waals surface area contributed by atoms with Crippen molar-refractivity contribution in [1.29, 1.82) is 0 Å². The summed E-state index contributed by atoms with van der Waals surface area (Å²) in [6.07, 6.45) is 1.49. The van der Waals surface area contributed by atoms with Crippen molar-refractivity contribution in [3.63, 3.8) is 0 Å². The second-order valence-corrected chi connectivity index (χ2v) is 2.83. The summed E-state index contributed by atoms with van der Waals surface area (Å²) in [5.41, 5.74) is 0.706. The van der Waals surface area contributed by atoms with Gasteiger partial charge in [-0.3, -0.25) is 4.79 Å². The van der Waals surface area contributed by atoms with Crippen LogP contribution in [0, 0.1) is 0 Å². The maximum absolute atomic E-state index is 10.6. The molecule has 1 atom stereocenters. The fraction of sp³-hybridized carbons (Fsp3) is 0.375. The summed E-state index contributed by atoms with van der Waals surface area (Å²) >= 11 is 4.02. The summed E-state index contributed by atoms with van der Waals surface area (Å²) in [5, 5.41) is 8.71. The van der Waals surface area contributed by atoms with Gasteiger partial charge in [0.05, 0.1) is 12.2 Å². The Bertz CT molecular complexity index is 280. The van der Waals surface area contributed by atoms with E-state index in [2.05, 4.69) is 12.6 Å². The average Bonchev–Trinajstić information content (AvgIpc) is 2.49. The molecule has 12 heavy (non-hydrogen) atoms. The van der Waals surface area contributed by atoms with E-state index in [1.807, 2.05) is 0 Å². The van der Waals surface area contributed by atoms with Crippen LogP contribution in [0.3, 0.4) is 0 Å². The van der Waals surface area contributed by atoms with E-state index in [4.69, 9.17) is 9.52 Å². The third-order valence-corrected chi connectivity index (χ3v) is 2.05. The molecule has 1 heterocycles. The quantitative estimate of drug-likeness (QED) is 0.709. The molecule has 0 aliphatic heterocycles. The Morgan fingerprint density at radius 1 is 1.83 bits per heavy atom. The molecule has 0 aromatic carbocycles. The van der Waals surface area contributed by atoms with Gasteiger partial charge in [-0.1, -0.05) is 0 Å². The number of carboxylic acid groups (broad SMARTS) is 1. The minimum absolute atomic E-state index is 0.431. The zero-order valence-corrected chi connectivity index (χ0v) is 7.54. The van der Waals surface area contributed by atoms with Gasteiger partial charge in [-0.15, -0.1) is 0 Å². The van der Waals surface area contributed by atoms with Crippen LogP contribution in [0.5, 0.6) is 0 Å². The number of carboxylic acids is 1. The molecule has 1 N–H and O–H groups in total. The lowest BCUT2D eigenvalue weighted by Crippen LogP contribution is -2.07. The van der Waals surface area contributed by atoms with Crippen molar-refractivity contribution in [2.24, 2.45) is 0 Å². The second-order valence-electron chi connectivity index (χ2n) is 2.52. The minimum atomic E-state index is -0.848. The van der Waals surface area contributed by atoms with Crippen molar-refractivity contribution in [2.75, 3.05) is 0 Å². The number of hydrogen-bond donors (Lipinski definition) is 2. The molecule has 4 heteroatoms. The summed E-state index contributed by atoms with van der Waals surface area (Å²) in [7, 11) is 0. The topological polar surface area (TPSA) is 50.4 Å². The highest BCUT2D eigenvalue weighted by molar-refractivity contribution is 7.79. The first-order chi connectivity index (χ1) is 5.66. The molecule has 66 valence electrons. The number of thiol groups is 1. The Hall–Kier alpha value is -0.900. The number of carbonyl (C=O) groups is 1. The van der Waals surface area contributed by atoms with Crippen LogP contribution >= 0.6 is 12.6 Å². The van der Waals surface area contributed by atoms with Gasteiger partial charge >= 0.3 is 5.97 Å². The van der Waals surface area contributed by atoms with Gasteiger partial charge < -0.3 is 9.52 Å². The van der Waals surface area contributed by atoms with Crippen LogP contribution in [0.1, 0.15) is 24.2 Å². The fourth-order valence-electron chi connectivity index (χ4n) is 0.998. The predicted octanol–water partition coefficient (Wildman–Crippen LogP) is 1.90. The van der Waals surface area contributed by atoms with E-state index in [1.165, 1.54) is 6.26 Å². The molecule has 0 saturated heterocycles. The molecular weight excluding hydrogens is 176 g/mol. The Kier molecular flexibility index (Phi) is 2.81. The van der Waals surface area contributed by atoms with Crippen molar-refractivity contribution in [1.82, 2.24) is 0 Å². The third-order valence-electron chi connectivity index (χ3n) is 1.76. The lowest BCUT2D eigenvalue weighted by Gasteiger charge is -2.03. The molecule has 1 aromatic heterocycles. The standard InChI is InChI=1S/C8H10O3S/c1-5(8(9)10)6-2-3-11-7(6)4-12/h2-3,5,12H,4H2,1H3,(H,9,10). The second kappa shape index (κ2) is 3.67. The molecule has 1 rings (SSSR count). The van der Waals surface area contributed by atoms with Crippen LogP contribution in [0.15, 0.2) is 16.7 Å². The first-order valence-electron chi connectivity index (χ1n) is 3.56. The first-order valence-corrected chi connectivity index (χ1v) is 4.20. The average molecular weight is 186 g/mol. The van der Waals surface area contributed by atoms with Crippen LogP contribution in [-0.4, -0.2) is 11.1 Å². The van der Waals surface area contributed by atoms with Crippen LogP contribution in [0.2, 0.25) is 0 Å². The largest absolute Gasteiger partial charge is 0.481 e. The molecule has 0 spiro atoms. The Morgan fingerprint density at radius 2 is 2.50 bits per heavy atom. The lowest BCUT2D eigenvalue weighted by molar-refractivity contribution is -0.138. The smallest absolute Gasteiger partial charge is 0.310 e. The number of aliphatic carboxylic acids is 1. The number of hydrogen-bond acceptors (Lipinski definition) is 3. The van der Waals surface area contributed by atoms with Gasteiger partial charge in [0.15, 0.2) is 0 Å². The van der Waals surface area contributed by atoms with Gasteiger partial charge in [-0.25, -0.2) is 0 Å². The third kappa shape index (κ3) is 1.64. The molecule has 0 bridgehead atoms. The van der Waals surface area contributed by atoms with E-state index in [-0.39, 0.29) is 0 Å². The van der Waals surface area contributed by atoms with Crippen molar-refractivity contribution in [3.05, 3.63) is 23.7 Å². The number of rotatable bonds is 3. The Morgan fingerprint density at radius 3 is 3.00 bits per heavy atom. The predicted molar refractivity (Wildman–Crippen MR) is 47.4 cm³/mol. The molecule has 0 amide bonds. The van der Waals surface area contributed by atoms with Gasteiger partial charge in [-0.05, 0) is 13.0 Å². The summed E-state index contributed by atoms with van der Waals surface area (Å²) in [5.74, 6) is -0.307. The van der Waals surface area contributed by atoms with Crippen LogP contribution in [-0.2, 0) is 10.5 Å². The van der Waals surface area contributed by atoms with Crippen molar-refractivity contribution in [2.45, 2.75) is 18.6 Å². The lowest BCUT2D eigenvalue weighted by atomic mass is 10.0. The van der Waals surface area contributed by atoms with Crippen LogP contribution in [0.25, 0.3) is 0 Å². The molecule has 1 aromatic rings. The molecule has 0 aliphatic rings. The van der Waals surface area contributed by atoms with Gasteiger partial charge in [-0.2, -0.15) is 12.6 Å². The van der Waals surface area contributed by atoms with Crippen LogP contribution < -0.4 is 0 Å². The van der Waals surface area contributed by atoms with Gasteiger partial charge in [0.25, 0.3) is 0 Å². The van der Waals surface area contributed by atoms with E-state index < -0.39 is 11.9 Å². The fourth-order valence-corrected chi connectivity index (χ4v) is 1.25. The highest BCUT2D eigenvalue weighted by Crippen LogP contribution is 2.22. The summed E-state index contributed by atoms with van der Waals surface area (Å²) in [6, 6.07) is 1.67.